The van der Waals surface area contributed by atoms with Crippen LogP contribution in [0.2, 0.25) is 0 Å². The first kappa shape index (κ1) is 18.1. The molecule has 5 nitrogen and oxygen atoms in total. The second kappa shape index (κ2) is 6.87. The number of rotatable bonds is 7. The molecular formula is C15H27N3O2S. The van der Waals surface area contributed by atoms with Gasteiger partial charge in [0.25, 0.3) is 0 Å². The highest BCUT2D eigenvalue weighted by Gasteiger charge is 2.20. The summed E-state index contributed by atoms with van der Waals surface area (Å²) in [6.45, 7) is 6.41. The molecule has 0 saturated heterocycles. The van der Waals surface area contributed by atoms with Crippen LogP contribution in [0.3, 0.4) is 0 Å². The van der Waals surface area contributed by atoms with Gasteiger partial charge >= 0.3 is 0 Å². The Morgan fingerprint density at radius 3 is 2.33 bits per heavy atom. The summed E-state index contributed by atoms with van der Waals surface area (Å²) < 4.78 is 25.5. The number of hydrogen-bond acceptors (Lipinski definition) is 4. The maximum Gasteiger partial charge on any atom is 0.242 e. The molecular weight excluding hydrogens is 286 g/mol. The lowest BCUT2D eigenvalue weighted by Gasteiger charge is -2.29. The van der Waals surface area contributed by atoms with Gasteiger partial charge in [-0.2, -0.15) is 0 Å². The Hall–Kier alpha value is -0.950. The van der Waals surface area contributed by atoms with Gasteiger partial charge in [-0.05, 0) is 36.7 Å². The zero-order valence-corrected chi connectivity index (χ0v) is 14.4. The van der Waals surface area contributed by atoms with Gasteiger partial charge in [0, 0.05) is 27.2 Å². The van der Waals surface area contributed by atoms with Crippen LogP contribution in [0.5, 0.6) is 0 Å². The van der Waals surface area contributed by atoms with E-state index in [1.807, 2.05) is 13.1 Å². The third-order valence-electron chi connectivity index (χ3n) is 3.38. The third-order valence-corrected chi connectivity index (χ3v) is 5.19. The highest BCUT2D eigenvalue weighted by Crippen LogP contribution is 2.18. The number of hydrogen-bond donors (Lipinski definition) is 1. The summed E-state index contributed by atoms with van der Waals surface area (Å²) in [6.07, 6.45) is 0. The predicted molar refractivity (Wildman–Crippen MR) is 86.5 cm³/mol. The molecule has 0 aliphatic heterocycles. The van der Waals surface area contributed by atoms with Gasteiger partial charge in [0.05, 0.1) is 4.90 Å². The lowest BCUT2D eigenvalue weighted by molar-refractivity contribution is 0.210. The van der Waals surface area contributed by atoms with E-state index in [-0.39, 0.29) is 5.41 Å². The van der Waals surface area contributed by atoms with E-state index in [1.165, 1.54) is 18.4 Å². The monoisotopic (exact) mass is 313 g/mol. The van der Waals surface area contributed by atoms with E-state index in [4.69, 9.17) is 5.73 Å². The minimum Gasteiger partial charge on any atom is -0.330 e. The lowest BCUT2D eigenvalue weighted by Crippen LogP contribution is -2.36. The van der Waals surface area contributed by atoms with E-state index in [1.54, 1.807) is 18.2 Å². The Morgan fingerprint density at radius 2 is 1.81 bits per heavy atom. The Balaban J connectivity index is 2.87. The first-order valence-electron chi connectivity index (χ1n) is 6.98. The van der Waals surface area contributed by atoms with Crippen LogP contribution in [0.1, 0.15) is 19.4 Å². The molecule has 0 aliphatic carbocycles. The van der Waals surface area contributed by atoms with Crippen molar-refractivity contribution < 1.29 is 8.42 Å². The summed E-state index contributed by atoms with van der Waals surface area (Å²) in [7, 11) is 1.72. The van der Waals surface area contributed by atoms with Crippen LogP contribution < -0.4 is 5.73 Å². The minimum absolute atomic E-state index is 0.0437. The van der Waals surface area contributed by atoms with Crippen LogP contribution in [0.4, 0.5) is 0 Å². The number of benzene rings is 1. The fourth-order valence-electron chi connectivity index (χ4n) is 2.18. The van der Waals surface area contributed by atoms with Crippen LogP contribution in [-0.2, 0) is 16.6 Å². The van der Waals surface area contributed by atoms with Gasteiger partial charge in [0.2, 0.25) is 10.0 Å². The normalized spacial score (nSPS) is 13.1. The minimum atomic E-state index is -3.38. The molecule has 1 rings (SSSR count). The Kier molecular flexibility index (Phi) is 5.92. The largest absolute Gasteiger partial charge is 0.330 e. The summed E-state index contributed by atoms with van der Waals surface area (Å²) in [5.74, 6) is 0. The Morgan fingerprint density at radius 1 is 1.19 bits per heavy atom. The molecule has 120 valence electrons. The fraction of sp³-hybridized carbons (Fsp3) is 0.600. The highest BCUT2D eigenvalue weighted by molar-refractivity contribution is 7.89. The molecule has 1 aromatic carbocycles. The van der Waals surface area contributed by atoms with Crippen molar-refractivity contribution in [3.63, 3.8) is 0 Å². The molecule has 0 unspecified atom stereocenters. The standard InChI is InChI=1S/C15H27N3O2S/c1-15(2,11-16)12-18(5)10-13-7-6-8-14(9-13)21(19,20)17(3)4/h6-9H,10-12,16H2,1-5H3. The second-order valence-electron chi connectivity index (χ2n) is 6.48. The number of sulfonamides is 1. The van der Waals surface area contributed by atoms with Gasteiger partial charge in [-0.1, -0.05) is 26.0 Å². The summed E-state index contributed by atoms with van der Waals surface area (Å²) in [5.41, 5.74) is 6.77. The van der Waals surface area contributed by atoms with E-state index in [0.717, 1.165) is 12.1 Å². The van der Waals surface area contributed by atoms with Crippen LogP contribution in [0.15, 0.2) is 29.2 Å². The van der Waals surface area contributed by atoms with Gasteiger partial charge in [-0.25, -0.2) is 12.7 Å². The van der Waals surface area contributed by atoms with Crippen molar-refractivity contribution in [1.29, 1.82) is 0 Å². The molecule has 0 amide bonds. The SMILES string of the molecule is CN(Cc1cccc(S(=O)(=O)N(C)C)c1)CC(C)(C)CN. The zero-order valence-electron chi connectivity index (χ0n) is 13.6. The maximum absolute atomic E-state index is 12.1. The summed E-state index contributed by atoms with van der Waals surface area (Å²) >= 11 is 0. The van der Waals surface area contributed by atoms with Crippen LogP contribution in [-0.4, -0.2) is 51.9 Å². The van der Waals surface area contributed by atoms with E-state index < -0.39 is 10.0 Å². The average molecular weight is 313 g/mol. The molecule has 0 spiro atoms. The first-order chi connectivity index (χ1) is 9.58. The molecule has 2 N–H and O–H groups in total. The number of nitrogens with zero attached hydrogens (tertiary/aromatic N) is 2. The summed E-state index contributed by atoms with van der Waals surface area (Å²) in [5, 5.41) is 0. The molecule has 1 aromatic rings. The topological polar surface area (TPSA) is 66.6 Å². The smallest absolute Gasteiger partial charge is 0.242 e. The summed E-state index contributed by atoms with van der Waals surface area (Å²) in [6, 6.07) is 7.10. The Bertz CT molecular complexity index is 568. The first-order valence-corrected chi connectivity index (χ1v) is 8.42. The van der Waals surface area contributed by atoms with E-state index in [9.17, 15) is 8.42 Å². The third kappa shape index (κ3) is 5.07. The summed E-state index contributed by atoms with van der Waals surface area (Å²) in [4.78, 5) is 2.49. The lowest BCUT2D eigenvalue weighted by atomic mass is 9.93. The quantitative estimate of drug-likeness (QED) is 0.825. The van der Waals surface area contributed by atoms with Crippen LogP contribution in [0.25, 0.3) is 0 Å². The molecule has 0 saturated carbocycles. The van der Waals surface area contributed by atoms with Crippen LogP contribution >= 0.6 is 0 Å². The molecule has 0 bridgehead atoms. The Labute approximate surface area is 128 Å². The molecule has 6 heteroatoms. The average Bonchev–Trinajstić information content (AvgIpc) is 2.38. The van der Waals surface area contributed by atoms with Crippen molar-refractivity contribution in [3.05, 3.63) is 29.8 Å². The van der Waals surface area contributed by atoms with Crippen molar-refractivity contribution in [2.75, 3.05) is 34.2 Å². The van der Waals surface area contributed by atoms with E-state index in [2.05, 4.69) is 18.7 Å². The molecule has 21 heavy (non-hydrogen) atoms. The van der Waals surface area contributed by atoms with E-state index in [0.29, 0.717) is 18.0 Å². The molecule has 0 fully saturated rings. The molecule has 0 heterocycles. The van der Waals surface area contributed by atoms with Crippen LogP contribution in [0, 0.1) is 5.41 Å². The molecule has 0 aliphatic rings. The van der Waals surface area contributed by atoms with Gasteiger partial charge < -0.3 is 10.6 Å². The van der Waals surface area contributed by atoms with Crippen molar-refractivity contribution in [2.45, 2.75) is 25.3 Å². The van der Waals surface area contributed by atoms with Crippen molar-refractivity contribution >= 4 is 10.0 Å². The van der Waals surface area contributed by atoms with Crippen molar-refractivity contribution in [2.24, 2.45) is 11.1 Å². The van der Waals surface area contributed by atoms with Gasteiger partial charge in [0.15, 0.2) is 0 Å². The highest BCUT2D eigenvalue weighted by atomic mass is 32.2. The zero-order chi connectivity index (χ0) is 16.3. The van der Waals surface area contributed by atoms with Gasteiger partial charge in [-0.3, -0.25) is 0 Å². The fourth-order valence-corrected chi connectivity index (χ4v) is 3.15. The predicted octanol–water partition coefficient (Wildman–Crippen LogP) is 1.35. The molecule has 0 atom stereocenters. The molecule has 0 radical (unpaired) electrons. The maximum atomic E-state index is 12.1. The molecule has 0 aromatic heterocycles. The number of nitrogens with two attached hydrogens (primary N) is 1. The van der Waals surface area contributed by atoms with Crippen molar-refractivity contribution in [1.82, 2.24) is 9.21 Å². The van der Waals surface area contributed by atoms with Gasteiger partial charge in [-0.15, -0.1) is 0 Å². The second-order valence-corrected chi connectivity index (χ2v) is 8.63. The van der Waals surface area contributed by atoms with E-state index >= 15 is 0 Å². The van der Waals surface area contributed by atoms with Crippen molar-refractivity contribution in [3.8, 4) is 0 Å². The van der Waals surface area contributed by atoms with Gasteiger partial charge in [0.1, 0.15) is 0 Å².